The molecule has 160 valence electrons. The molecule has 0 aliphatic carbocycles. The van der Waals surface area contributed by atoms with E-state index >= 15 is 0 Å². The molecule has 1 fully saturated rings. The van der Waals surface area contributed by atoms with Crippen molar-refractivity contribution in [2.75, 3.05) is 27.3 Å². The van der Waals surface area contributed by atoms with E-state index in [4.69, 9.17) is 9.47 Å². The maximum Gasteiger partial charge on any atom is 0.306 e. The van der Waals surface area contributed by atoms with Crippen LogP contribution in [-0.4, -0.2) is 49.2 Å². The highest BCUT2D eigenvalue weighted by atomic mass is 16.5. The molecule has 0 aromatic heterocycles. The van der Waals surface area contributed by atoms with Crippen LogP contribution in [-0.2, 0) is 11.2 Å². The molecule has 30 heavy (non-hydrogen) atoms. The molecule has 2 aromatic carbocycles. The highest BCUT2D eigenvalue weighted by Gasteiger charge is 2.28. The number of piperidine rings is 1. The van der Waals surface area contributed by atoms with Gasteiger partial charge in [-0.1, -0.05) is 24.3 Å². The van der Waals surface area contributed by atoms with Crippen LogP contribution >= 0.6 is 0 Å². The number of ether oxygens (including phenoxy) is 2. The maximum atomic E-state index is 12.6. The molecule has 3 rings (SSSR count). The molecule has 1 heterocycles. The van der Waals surface area contributed by atoms with E-state index in [0.717, 1.165) is 18.4 Å². The predicted octanol–water partition coefficient (Wildman–Crippen LogP) is 3.89. The minimum Gasteiger partial charge on any atom is -0.493 e. The fourth-order valence-electron chi connectivity index (χ4n) is 4.10. The third kappa shape index (κ3) is 5.32. The van der Waals surface area contributed by atoms with Crippen LogP contribution in [0.25, 0.3) is 0 Å². The number of benzene rings is 2. The fourth-order valence-corrected chi connectivity index (χ4v) is 4.10. The summed E-state index contributed by atoms with van der Waals surface area (Å²) >= 11 is 0. The van der Waals surface area contributed by atoms with Crippen molar-refractivity contribution >= 4 is 11.9 Å². The summed E-state index contributed by atoms with van der Waals surface area (Å²) in [5, 5.41) is 9.76. The van der Waals surface area contributed by atoms with Crippen molar-refractivity contribution in [3.63, 3.8) is 0 Å². The Morgan fingerprint density at radius 3 is 2.30 bits per heavy atom. The Kier molecular flexibility index (Phi) is 7.33. The molecule has 0 radical (unpaired) electrons. The number of nitrogens with zero attached hydrogens (tertiary/aromatic N) is 1. The summed E-state index contributed by atoms with van der Waals surface area (Å²) in [5.74, 6) is 0.327. The number of hydrogen-bond donors (Lipinski definition) is 1. The number of carboxylic acids is 1. The van der Waals surface area contributed by atoms with Crippen LogP contribution in [0.2, 0.25) is 0 Å². The number of likely N-dealkylation sites (tertiary alicyclic amines) is 1. The van der Waals surface area contributed by atoms with Crippen molar-refractivity contribution in [2.24, 2.45) is 11.8 Å². The van der Waals surface area contributed by atoms with Gasteiger partial charge in [0.05, 0.1) is 20.1 Å². The monoisotopic (exact) mass is 411 g/mol. The van der Waals surface area contributed by atoms with Gasteiger partial charge in [-0.25, -0.2) is 0 Å². The second-order valence-electron chi connectivity index (χ2n) is 7.77. The number of carbonyl (C=O) groups excluding carboxylic acids is 1. The van der Waals surface area contributed by atoms with Gasteiger partial charge in [-0.3, -0.25) is 9.59 Å². The van der Waals surface area contributed by atoms with Crippen LogP contribution in [0.3, 0.4) is 0 Å². The molecule has 0 saturated carbocycles. The van der Waals surface area contributed by atoms with Gasteiger partial charge in [0.15, 0.2) is 11.5 Å². The highest BCUT2D eigenvalue weighted by molar-refractivity contribution is 5.94. The number of hydrogen-bond acceptors (Lipinski definition) is 4. The minimum atomic E-state index is -0.785. The molecule has 1 aliphatic rings. The number of amides is 1. The van der Waals surface area contributed by atoms with Crippen LogP contribution in [0.15, 0.2) is 48.5 Å². The van der Waals surface area contributed by atoms with Crippen LogP contribution in [0, 0.1) is 11.8 Å². The largest absolute Gasteiger partial charge is 0.493 e. The van der Waals surface area contributed by atoms with E-state index in [1.807, 2.05) is 47.4 Å². The van der Waals surface area contributed by atoms with Crippen molar-refractivity contribution in [3.05, 3.63) is 59.7 Å². The molecule has 1 unspecified atom stereocenters. The molecule has 6 heteroatoms. The molecular weight excluding hydrogens is 382 g/mol. The van der Waals surface area contributed by atoms with Gasteiger partial charge in [-0.15, -0.1) is 0 Å². The molecule has 2 aromatic rings. The van der Waals surface area contributed by atoms with E-state index < -0.39 is 11.9 Å². The molecule has 6 nitrogen and oxygen atoms in total. The van der Waals surface area contributed by atoms with Crippen molar-refractivity contribution in [3.8, 4) is 11.5 Å². The zero-order valence-electron chi connectivity index (χ0n) is 17.5. The summed E-state index contributed by atoms with van der Waals surface area (Å²) < 4.78 is 10.6. The number of methoxy groups -OCH3 is 2. The number of aliphatic carboxylic acids is 1. The molecule has 0 spiro atoms. The van der Waals surface area contributed by atoms with Crippen molar-refractivity contribution < 1.29 is 24.2 Å². The Bertz CT molecular complexity index is 859. The second-order valence-corrected chi connectivity index (χ2v) is 7.77. The standard InChI is InChI=1S/C24H29NO5/c1-29-21-9-8-18(16-22(21)30-2)15-20(24(27)28)14-17-10-12-25(13-11-17)23(26)19-6-4-3-5-7-19/h3-9,16-17,20H,10-15H2,1-2H3,(H,27,28). The smallest absolute Gasteiger partial charge is 0.306 e. The Labute approximate surface area is 177 Å². The van der Waals surface area contributed by atoms with Gasteiger partial charge in [-0.2, -0.15) is 0 Å². The van der Waals surface area contributed by atoms with E-state index in [-0.39, 0.29) is 5.91 Å². The quantitative estimate of drug-likeness (QED) is 0.713. The summed E-state index contributed by atoms with van der Waals surface area (Å²) in [6, 6.07) is 14.8. The lowest BCUT2D eigenvalue weighted by atomic mass is 9.84. The normalized spacial score (nSPS) is 15.5. The minimum absolute atomic E-state index is 0.0502. The van der Waals surface area contributed by atoms with Crippen molar-refractivity contribution in [1.29, 1.82) is 0 Å². The first-order valence-corrected chi connectivity index (χ1v) is 10.3. The number of carboxylic acid groups (broad SMARTS) is 1. The van der Waals surface area contributed by atoms with E-state index in [9.17, 15) is 14.7 Å². The summed E-state index contributed by atoms with van der Waals surface area (Å²) in [4.78, 5) is 26.4. The lowest BCUT2D eigenvalue weighted by Gasteiger charge is -2.33. The van der Waals surface area contributed by atoms with Gasteiger partial charge in [0.2, 0.25) is 0 Å². The molecule has 1 atom stereocenters. The molecule has 1 aliphatic heterocycles. The van der Waals surface area contributed by atoms with E-state index in [1.54, 1.807) is 20.3 Å². The van der Waals surface area contributed by atoms with Gasteiger partial charge in [0.1, 0.15) is 0 Å². The van der Waals surface area contributed by atoms with E-state index in [0.29, 0.717) is 48.9 Å². The Hall–Kier alpha value is -3.02. The third-order valence-corrected chi connectivity index (χ3v) is 5.82. The molecule has 1 amide bonds. The lowest BCUT2D eigenvalue weighted by molar-refractivity contribution is -0.142. The van der Waals surface area contributed by atoms with Gasteiger partial charge in [0.25, 0.3) is 5.91 Å². The van der Waals surface area contributed by atoms with Crippen molar-refractivity contribution in [2.45, 2.75) is 25.7 Å². The molecule has 1 saturated heterocycles. The summed E-state index contributed by atoms with van der Waals surface area (Å²) in [7, 11) is 3.15. The first-order valence-electron chi connectivity index (χ1n) is 10.3. The average molecular weight is 411 g/mol. The van der Waals surface area contributed by atoms with E-state index in [2.05, 4.69) is 0 Å². The summed E-state index contributed by atoms with van der Waals surface area (Å²) in [6.45, 7) is 1.34. The van der Waals surface area contributed by atoms with Gasteiger partial charge < -0.3 is 19.5 Å². The van der Waals surface area contributed by atoms with Gasteiger partial charge in [0, 0.05) is 18.7 Å². The van der Waals surface area contributed by atoms with Crippen LogP contribution < -0.4 is 9.47 Å². The Morgan fingerprint density at radius 2 is 1.70 bits per heavy atom. The molecule has 0 bridgehead atoms. The SMILES string of the molecule is COc1ccc(CC(CC2CCN(C(=O)c3ccccc3)CC2)C(=O)O)cc1OC. The maximum absolute atomic E-state index is 12.6. The fraction of sp³-hybridized carbons (Fsp3) is 0.417. The second kappa shape index (κ2) is 10.1. The summed E-state index contributed by atoms with van der Waals surface area (Å²) in [5.41, 5.74) is 1.62. The third-order valence-electron chi connectivity index (χ3n) is 5.82. The Morgan fingerprint density at radius 1 is 1.03 bits per heavy atom. The first kappa shape index (κ1) is 21.7. The zero-order valence-corrected chi connectivity index (χ0v) is 17.5. The predicted molar refractivity (Wildman–Crippen MR) is 114 cm³/mol. The first-order chi connectivity index (χ1) is 14.5. The van der Waals surface area contributed by atoms with Crippen molar-refractivity contribution in [1.82, 2.24) is 4.90 Å². The lowest BCUT2D eigenvalue weighted by Crippen LogP contribution is -2.39. The van der Waals surface area contributed by atoms with E-state index in [1.165, 1.54) is 0 Å². The molecular formula is C24H29NO5. The van der Waals surface area contributed by atoms with Crippen LogP contribution in [0.1, 0.15) is 35.2 Å². The Balaban J connectivity index is 1.58. The average Bonchev–Trinajstić information content (AvgIpc) is 2.79. The number of carbonyl (C=O) groups is 2. The van der Waals surface area contributed by atoms with Gasteiger partial charge in [-0.05, 0) is 61.4 Å². The number of rotatable bonds is 8. The highest BCUT2D eigenvalue weighted by Crippen LogP contribution is 2.31. The van der Waals surface area contributed by atoms with Crippen LogP contribution in [0.4, 0.5) is 0 Å². The zero-order chi connectivity index (χ0) is 21.5. The topological polar surface area (TPSA) is 76.1 Å². The van der Waals surface area contributed by atoms with Gasteiger partial charge >= 0.3 is 5.97 Å². The molecule has 1 N–H and O–H groups in total. The summed E-state index contributed by atoms with van der Waals surface area (Å²) in [6.07, 6.45) is 2.71. The van der Waals surface area contributed by atoms with Crippen LogP contribution in [0.5, 0.6) is 11.5 Å².